The Morgan fingerprint density at radius 1 is 1.35 bits per heavy atom. The van der Waals surface area contributed by atoms with E-state index in [2.05, 4.69) is 24.2 Å². The highest BCUT2D eigenvalue weighted by Gasteiger charge is 2.35. The molecule has 0 spiro atoms. The van der Waals surface area contributed by atoms with Crippen LogP contribution in [0.1, 0.15) is 32.6 Å². The normalized spacial score (nSPS) is 29.6. The van der Waals surface area contributed by atoms with Crippen LogP contribution in [0, 0.1) is 11.3 Å². The standard InChI is InChI=1S/C14H28N2O/c1-3-13-4-7-16(10-13)12-14(11-15-2)5-8-17-9-6-14/h13,15H,3-12H2,1-2H3. The van der Waals surface area contributed by atoms with E-state index in [9.17, 15) is 0 Å². The van der Waals surface area contributed by atoms with Gasteiger partial charge >= 0.3 is 0 Å². The highest BCUT2D eigenvalue weighted by Crippen LogP contribution is 2.33. The van der Waals surface area contributed by atoms with Crippen LogP contribution in [0.4, 0.5) is 0 Å². The van der Waals surface area contributed by atoms with Gasteiger partial charge in [0.1, 0.15) is 0 Å². The van der Waals surface area contributed by atoms with E-state index in [0.717, 1.165) is 25.7 Å². The van der Waals surface area contributed by atoms with Crippen LogP contribution in [-0.4, -0.2) is 51.3 Å². The van der Waals surface area contributed by atoms with Gasteiger partial charge in [-0.25, -0.2) is 0 Å². The van der Waals surface area contributed by atoms with Gasteiger partial charge in [0.2, 0.25) is 0 Å². The van der Waals surface area contributed by atoms with Crippen molar-refractivity contribution in [1.29, 1.82) is 0 Å². The van der Waals surface area contributed by atoms with Crippen LogP contribution in [0.25, 0.3) is 0 Å². The van der Waals surface area contributed by atoms with Crippen molar-refractivity contribution in [3.63, 3.8) is 0 Å². The van der Waals surface area contributed by atoms with Crippen molar-refractivity contribution in [3.8, 4) is 0 Å². The van der Waals surface area contributed by atoms with Gasteiger partial charge in [-0.05, 0) is 44.2 Å². The zero-order valence-corrected chi connectivity index (χ0v) is 11.5. The monoisotopic (exact) mass is 240 g/mol. The lowest BCUT2D eigenvalue weighted by Crippen LogP contribution is -2.46. The maximum atomic E-state index is 5.53. The van der Waals surface area contributed by atoms with Crippen molar-refractivity contribution < 1.29 is 4.74 Å². The lowest BCUT2D eigenvalue weighted by atomic mass is 9.79. The molecular formula is C14H28N2O. The first-order valence-corrected chi connectivity index (χ1v) is 7.23. The number of nitrogens with zero attached hydrogens (tertiary/aromatic N) is 1. The van der Waals surface area contributed by atoms with Crippen LogP contribution < -0.4 is 5.32 Å². The lowest BCUT2D eigenvalue weighted by molar-refractivity contribution is -0.000554. The number of hydrogen-bond donors (Lipinski definition) is 1. The number of hydrogen-bond acceptors (Lipinski definition) is 3. The average Bonchev–Trinajstić information content (AvgIpc) is 2.78. The molecule has 100 valence electrons. The molecule has 0 aromatic heterocycles. The number of nitrogens with one attached hydrogen (secondary N) is 1. The van der Waals surface area contributed by atoms with Gasteiger partial charge in [-0.3, -0.25) is 0 Å². The molecule has 0 bridgehead atoms. The molecule has 2 aliphatic heterocycles. The summed E-state index contributed by atoms with van der Waals surface area (Å²) in [7, 11) is 2.08. The molecule has 0 aromatic rings. The van der Waals surface area contributed by atoms with Crippen molar-refractivity contribution in [2.45, 2.75) is 32.6 Å². The van der Waals surface area contributed by atoms with Crippen molar-refractivity contribution in [1.82, 2.24) is 10.2 Å². The minimum Gasteiger partial charge on any atom is -0.381 e. The van der Waals surface area contributed by atoms with Crippen LogP contribution in [0.5, 0.6) is 0 Å². The Balaban J connectivity index is 1.88. The Morgan fingerprint density at radius 3 is 2.71 bits per heavy atom. The first-order chi connectivity index (χ1) is 8.28. The average molecular weight is 240 g/mol. The first kappa shape index (κ1) is 13.3. The molecule has 0 saturated carbocycles. The van der Waals surface area contributed by atoms with E-state index in [1.165, 1.54) is 45.3 Å². The van der Waals surface area contributed by atoms with Gasteiger partial charge in [-0.15, -0.1) is 0 Å². The molecule has 0 radical (unpaired) electrons. The molecule has 2 fully saturated rings. The molecule has 0 amide bonds. The van der Waals surface area contributed by atoms with Crippen LogP contribution in [0.2, 0.25) is 0 Å². The Bertz CT molecular complexity index is 221. The molecule has 2 saturated heterocycles. The minimum atomic E-state index is 0.468. The second-order valence-electron chi connectivity index (χ2n) is 5.94. The quantitative estimate of drug-likeness (QED) is 0.792. The summed E-state index contributed by atoms with van der Waals surface area (Å²) in [6, 6.07) is 0. The fourth-order valence-electron chi connectivity index (χ4n) is 3.43. The summed E-state index contributed by atoms with van der Waals surface area (Å²) >= 11 is 0. The van der Waals surface area contributed by atoms with E-state index in [1.807, 2.05) is 0 Å². The van der Waals surface area contributed by atoms with Gasteiger partial charge in [-0.1, -0.05) is 13.3 Å². The second-order valence-corrected chi connectivity index (χ2v) is 5.94. The molecule has 1 atom stereocenters. The lowest BCUT2D eigenvalue weighted by Gasteiger charge is -2.40. The molecule has 0 aromatic carbocycles. The number of ether oxygens (including phenoxy) is 1. The SMILES string of the molecule is CCC1CCN(CC2(CNC)CCOCC2)C1. The Morgan fingerprint density at radius 2 is 2.12 bits per heavy atom. The maximum Gasteiger partial charge on any atom is 0.0472 e. The molecule has 3 heteroatoms. The highest BCUT2D eigenvalue weighted by atomic mass is 16.5. The van der Waals surface area contributed by atoms with Gasteiger partial charge in [-0.2, -0.15) is 0 Å². The topological polar surface area (TPSA) is 24.5 Å². The molecule has 0 aliphatic carbocycles. The number of rotatable bonds is 5. The summed E-state index contributed by atoms with van der Waals surface area (Å²) in [5.74, 6) is 0.946. The largest absolute Gasteiger partial charge is 0.381 e. The molecule has 2 rings (SSSR count). The van der Waals surface area contributed by atoms with E-state index < -0.39 is 0 Å². The van der Waals surface area contributed by atoms with Crippen LogP contribution in [0.15, 0.2) is 0 Å². The summed E-state index contributed by atoms with van der Waals surface area (Å²) < 4.78 is 5.53. The third-order valence-electron chi connectivity index (χ3n) is 4.61. The van der Waals surface area contributed by atoms with E-state index >= 15 is 0 Å². The van der Waals surface area contributed by atoms with E-state index in [-0.39, 0.29) is 0 Å². The van der Waals surface area contributed by atoms with E-state index in [1.54, 1.807) is 0 Å². The van der Waals surface area contributed by atoms with Crippen molar-refractivity contribution in [2.75, 3.05) is 46.4 Å². The summed E-state index contributed by atoms with van der Waals surface area (Å²) in [6.07, 6.45) is 5.20. The smallest absolute Gasteiger partial charge is 0.0472 e. The summed E-state index contributed by atoms with van der Waals surface area (Å²) in [6.45, 7) is 9.27. The van der Waals surface area contributed by atoms with Gasteiger partial charge in [0.15, 0.2) is 0 Å². The summed E-state index contributed by atoms with van der Waals surface area (Å²) in [4.78, 5) is 2.69. The molecule has 1 unspecified atom stereocenters. The second kappa shape index (κ2) is 6.17. The molecule has 3 nitrogen and oxygen atoms in total. The van der Waals surface area contributed by atoms with Crippen molar-refractivity contribution in [3.05, 3.63) is 0 Å². The Labute approximate surface area is 106 Å². The fourth-order valence-corrected chi connectivity index (χ4v) is 3.43. The van der Waals surface area contributed by atoms with Crippen LogP contribution in [-0.2, 0) is 4.74 Å². The maximum absolute atomic E-state index is 5.53. The third-order valence-corrected chi connectivity index (χ3v) is 4.61. The Kier molecular flexibility index (Phi) is 4.83. The first-order valence-electron chi connectivity index (χ1n) is 7.23. The van der Waals surface area contributed by atoms with Gasteiger partial charge < -0.3 is 15.0 Å². The molecular weight excluding hydrogens is 212 g/mol. The van der Waals surface area contributed by atoms with Gasteiger partial charge in [0.05, 0.1) is 0 Å². The molecule has 2 aliphatic rings. The molecule has 2 heterocycles. The fraction of sp³-hybridized carbons (Fsp3) is 1.00. The van der Waals surface area contributed by atoms with Crippen molar-refractivity contribution >= 4 is 0 Å². The van der Waals surface area contributed by atoms with Crippen LogP contribution >= 0.6 is 0 Å². The highest BCUT2D eigenvalue weighted by molar-refractivity contribution is 4.89. The van der Waals surface area contributed by atoms with Gasteiger partial charge in [0, 0.05) is 32.8 Å². The van der Waals surface area contributed by atoms with Gasteiger partial charge in [0.25, 0.3) is 0 Å². The zero-order valence-electron chi connectivity index (χ0n) is 11.5. The molecule has 1 N–H and O–H groups in total. The summed E-state index contributed by atoms with van der Waals surface area (Å²) in [5, 5.41) is 3.40. The number of likely N-dealkylation sites (tertiary alicyclic amines) is 1. The third kappa shape index (κ3) is 3.43. The summed E-state index contributed by atoms with van der Waals surface area (Å²) in [5.41, 5.74) is 0.468. The zero-order chi connectivity index (χ0) is 12.1. The van der Waals surface area contributed by atoms with Crippen LogP contribution in [0.3, 0.4) is 0 Å². The Hall–Kier alpha value is -0.120. The molecule has 17 heavy (non-hydrogen) atoms. The van der Waals surface area contributed by atoms with E-state index in [0.29, 0.717) is 5.41 Å². The van der Waals surface area contributed by atoms with E-state index in [4.69, 9.17) is 4.74 Å². The minimum absolute atomic E-state index is 0.468. The predicted molar refractivity (Wildman–Crippen MR) is 71.3 cm³/mol. The predicted octanol–water partition coefficient (Wildman–Crippen LogP) is 1.73. The van der Waals surface area contributed by atoms with Crippen molar-refractivity contribution in [2.24, 2.45) is 11.3 Å².